The van der Waals surface area contributed by atoms with Crippen LogP contribution in [0.4, 0.5) is 13.2 Å². The molecule has 10 heavy (non-hydrogen) atoms. The summed E-state index contributed by atoms with van der Waals surface area (Å²) in [6, 6.07) is 0. The highest BCUT2D eigenvalue weighted by Crippen LogP contribution is 2.30. The minimum absolute atomic E-state index is 0.970. The standard InChI is InChI=1S/C5H4F3N2/c1-10-3-4(2-9-10)5(6,7)8/h4H,1H3. The van der Waals surface area contributed by atoms with E-state index in [2.05, 4.69) is 5.10 Å². The van der Waals surface area contributed by atoms with E-state index in [1.165, 1.54) is 7.05 Å². The monoisotopic (exact) mass is 149 g/mol. The van der Waals surface area contributed by atoms with E-state index in [9.17, 15) is 13.2 Å². The lowest BCUT2D eigenvalue weighted by molar-refractivity contribution is -0.147. The van der Waals surface area contributed by atoms with Gasteiger partial charge in [-0.15, -0.1) is 0 Å². The quantitative estimate of drug-likeness (QED) is 0.502. The fraction of sp³-hybridized carbons (Fsp3) is 0.600. The molecule has 0 amide bonds. The maximum atomic E-state index is 11.7. The second-order valence-electron chi connectivity index (χ2n) is 1.86. The first kappa shape index (κ1) is 7.37. The second kappa shape index (κ2) is 2.14. The van der Waals surface area contributed by atoms with Gasteiger partial charge in [-0.1, -0.05) is 0 Å². The highest BCUT2D eigenvalue weighted by Gasteiger charge is 2.42. The number of hydrogen-bond donors (Lipinski definition) is 0. The van der Waals surface area contributed by atoms with Crippen LogP contribution in [0.2, 0.25) is 0 Å². The van der Waals surface area contributed by atoms with Crippen molar-refractivity contribution in [2.75, 3.05) is 7.05 Å². The topological polar surface area (TPSA) is 15.6 Å². The van der Waals surface area contributed by atoms with Crippen LogP contribution in [-0.4, -0.2) is 24.4 Å². The molecule has 0 saturated carbocycles. The third kappa shape index (κ3) is 1.40. The van der Waals surface area contributed by atoms with Crippen molar-refractivity contribution in [1.29, 1.82) is 0 Å². The molecule has 0 spiro atoms. The van der Waals surface area contributed by atoms with Crippen molar-refractivity contribution in [2.24, 2.45) is 11.0 Å². The molecule has 2 nitrogen and oxygen atoms in total. The van der Waals surface area contributed by atoms with Crippen LogP contribution < -0.4 is 0 Å². The van der Waals surface area contributed by atoms with Crippen molar-refractivity contribution < 1.29 is 13.2 Å². The molecule has 0 aliphatic carbocycles. The first-order valence-corrected chi connectivity index (χ1v) is 2.53. The zero-order valence-corrected chi connectivity index (χ0v) is 5.11. The van der Waals surface area contributed by atoms with Gasteiger partial charge in [-0.3, -0.25) is 5.01 Å². The van der Waals surface area contributed by atoms with Gasteiger partial charge in [-0.2, -0.15) is 18.3 Å². The predicted molar refractivity (Wildman–Crippen MR) is 28.0 cm³/mol. The van der Waals surface area contributed by atoms with Crippen LogP contribution in [0.1, 0.15) is 0 Å². The maximum Gasteiger partial charge on any atom is 0.399 e. The highest BCUT2D eigenvalue weighted by atomic mass is 19.4. The molecule has 1 aliphatic rings. The molecule has 0 fully saturated rings. The molecule has 1 rings (SSSR count). The molecule has 0 saturated heterocycles. The van der Waals surface area contributed by atoms with Crippen molar-refractivity contribution in [1.82, 2.24) is 5.01 Å². The van der Waals surface area contributed by atoms with E-state index >= 15 is 0 Å². The SMILES string of the molecule is CN1[C]C(C(F)(F)F)[C]=N1. The van der Waals surface area contributed by atoms with E-state index in [0.29, 0.717) is 0 Å². The van der Waals surface area contributed by atoms with Gasteiger partial charge < -0.3 is 0 Å². The van der Waals surface area contributed by atoms with Crippen LogP contribution in [0.3, 0.4) is 0 Å². The Balaban J connectivity index is 2.55. The summed E-state index contributed by atoms with van der Waals surface area (Å²) in [6.45, 7) is 2.02. The molecule has 0 N–H and O–H groups in total. The van der Waals surface area contributed by atoms with E-state index in [1.807, 2.05) is 12.8 Å². The number of alkyl halides is 3. The lowest BCUT2D eigenvalue weighted by atomic mass is 10.2. The molecule has 1 unspecified atom stereocenters. The van der Waals surface area contributed by atoms with Crippen LogP contribution in [0.5, 0.6) is 0 Å². The number of rotatable bonds is 0. The lowest BCUT2D eigenvalue weighted by Gasteiger charge is -2.10. The van der Waals surface area contributed by atoms with E-state index in [4.69, 9.17) is 0 Å². The Morgan fingerprint density at radius 3 is 2.30 bits per heavy atom. The summed E-state index contributed by atoms with van der Waals surface area (Å²) in [6.07, 6.45) is -2.44. The van der Waals surface area contributed by atoms with Crippen LogP contribution in [0, 0.1) is 12.5 Å². The molecular formula is C5H4F3N2. The van der Waals surface area contributed by atoms with Gasteiger partial charge in [0.25, 0.3) is 0 Å². The second-order valence-corrected chi connectivity index (χ2v) is 1.86. The van der Waals surface area contributed by atoms with Gasteiger partial charge in [0.05, 0.1) is 6.21 Å². The normalized spacial score (nSPS) is 26.0. The number of halogens is 3. The number of hydrogen-bond acceptors (Lipinski definition) is 2. The molecule has 5 heteroatoms. The summed E-state index contributed by atoms with van der Waals surface area (Å²) in [5.41, 5.74) is 0. The Morgan fingerprint density at radius 1 is 1.50 bits per heavy atom. The van der Waals surface area contributed by atoms with Crippen molar-refractivity contribution in [3.05, 3.63) is 6.54 Å². The summed E-state index contributed by atoms with van der Waals surface area (Å²) < 4.78 is 35.2. The highest BCUT2D eigenvalue weighted by molar-refractivity contribution is 5.65. The van der Waals surface area contributed by atoms with E-state index in [0.717, 1.165) is 5.01 Å². The van der Waals surface area contributed by atoms with Crippen molar-refractivity contribution in [3.8, 4) is 0 Å². The van der Waals surface area contributed by atoms with E-state index in [1.54, 1.807) is 0 Å². The third-order valence-corrected chi connectivity index (χ3v) is 0.980. The Kier molecular flexibility index (Phi) is 1.58. The summed E-state index contributed by atoms with van der Waals surface area (Å²) >= 11 is 0. The molecule has 1 atom stereocenters. The average Bonchev–Trinajstić information content (AvgIpc) is 2.11. The van der Waals surface area contributed by atoms with Crippen LogP contribution in [0.25, 0.3) is 0 Å². The summed E-state index contributed by atoms with van der Waals surface area (Å²) in [5, 5.41) is 4.21. The molecule has 0 aromatic carbocycles. The molecule has 3 radical (unpaired) electrons. The Labute approximate surface area is 56.3 Å². The van der Waals surface area contributed by atoms with Gasteiger partial charge >= 0.3 is 6.18 Å². The average molecular weight is 149 g/mol. The summed E-state index contributed by atoms with van der Waals surface area (Å²) in [7, 11) is 1.37. The zero-order valence-electron chi connectivity index (χ0n) is 5.11. The molecular weight excluding hydrogens is 145 g/mol. The maximum absolute atomic E-state index is 11.7. The van der Waals surface area contributed by atoms with Crippen LogP contribution in [-0.2, 0) is 0 Å². The van der Waals surface area contributed by atoms with Gasteiger partial charge in [0, 0.05) is 7.05 Å². The van der Waals surface area contributed by atoms with Gasteiger partial charge in [0.1, 0.15) is 12.5 Å². The minimum atomic E-state index is -4.30. The first-order chi connectivity index (χ1) is 4.50. The van der Waals surface area contributed by atoms with E-state index < -0.39 is 12.1 Å². The van der Waals surface area contributed by atoms with Gasteiger partial charge in [0.15, 0.2) is 0 Å². The largest absolute Gasteiger partial charge is 0.399 e. The molecule has 0 aromatic rings. The fourth-order valence-electron chi connectivity index (χ4n) is 0.535. The summed E-state index contributed by atoms with van der Waals surface area (Å²) in [5.74, 6) is -1.75. The van der Waals surface area contributed by atoms with Crippen LogP contribution >= 0.6 is 0 Å². The zero-order chi connectivity index (χ0) is 7.78. The predicted octanol–water partition coefficient (Wildman–Crippen LogP) is 1.01. The third-order valence-electron chi connectivity index (χ3n) is 0.980. The summed E-state index contributed by atoms with van der Waals surface area (Å²) in [4.78, 5) is 0. The van der Waals surface area contributed by atoms with Gasteiger partial charge in [-0.25, -0.2) is 0 Å². The van der Waals surface area contributed by atoms with Crippen LogP contribution in [0.15, 0.2) is 5.10 Å². The molecule has 1 heterocycles. The number of hydrazone groups is 1. The Bertz CT molecular complexity index is 151. The lowest BCUT2D eigenvalue weighted by Crippen LogP contribution is -2.24. The first-order valence-electron chi connectivity index (χ1n) is 2.53. The number of nitrogens with zero attached hydrogens (tertiary/aromatic N) is 2. The smallest absolute Gasteiger partial charge is 0.287 e. The fourth-order valence-corrected chi connectivity index (χ4v) is 0.535. The molecule has 1 aliphatic heterocycles. The van der Waals surface area contributed by atoms with Crippen molar-refractivity contribution >= 4 is 6.21 Å². The van der Waals surface area contributed by atoms with Crippen molar-refractivity contribution in [2.45, 2.75) is 6.18 Å². The minimum Gasteiger partial charge on any atom is -0.287 e. The Morgan fingerprint density at radius 2 is 2.10 bits per heavy atom. The van der Waals surface area contributed by atoms with Crippen molar-refractivity contribution in [3.63, 3.8) is 0 Å². The Hall–Kier alpha value is -0.740. The van der Waals surface area contributed by atoms with Gasteiger partial charge in [-0.05, 0) is 0 Å². The van der Waals surface area contributed by atoms with Gasteiger partial charge in [0.2, 0.25) is 0 Å². The molecule has 55 valence electrons. The molecule has 0 bridgehead atoms. The van der Waals surface area contributed by atoms with E-state index in [-0.39, 0.29) is 0 Å². The molecule has 0 aromatic heterocycles.